The molecule has 0 saturated heterocycles. The fourth-order valence-corrected chi connectivity index (χ4v) is 3.12. The van der Waals surface area contributed by atoms with E-state index in [0.29, 0.717) is 18.4 Å². The van der Waals surface area contributed by atoms with Crippen LogP contribution < -0.4 is 15.8 Å². The number of carbonyl (C=O) groups is 2. The Hall–Kier alpha value is -2.97. The number of rotatable bonds is 2. The summed E-state index contributed by atoms with van der Waals surface area (Å²) in [6.45, 7) is 4.17. The minimum absolute atomic E-state index is 0.146. The minimum atomic E-state index is -0.545. The molecule has 4 rings (SSSR count). The van der Waals surface area contributed by atoms with E-state index in [4.69, 9.17) is 10.5 Å². The number of halogens is 1. The summed E-state index contributed by atoms with van der Waals surface area (Å²) in [6, 6.07) is 3.48. The van der Waals surface area contributed by atoms with E-state index >= 15 is 0 Å². The van der Waals surface area contributed by atoms with Gasteiger partial charge in [-0.05, 0) is 37.5 Å². The molecular weight excluding hydrogens is 353 g/mol. The monoisotopic (exact) mass is 375 g/mol. The number of fused-ring (bicyclic) bond motifs is 2. The van der Waals surface area contributed by atoms with Crippen molar-refractivity contribution in [2.45, 2.75) is 45.6 Å². The quantitative estimate of drug-likeness (QED) is 0.835. The number of ether oxygens (including phenoxy) is 1. The Morgan fingerprint density at radius 3 is 2.93 bits per heavy atom. The van der Waals surface area contributed by atoms with Gasteiger partial charge in [-0.25, -0.2) is 14.1 Å². The summed E-state index contributed by atoms with van der Waals surface area (Å²) < 4.78 is 20.5. The average Bonchev–Trinajstić information content (AvgIpc) is 3.13. The summed E-state index contributed by atoms with van der Waals surface area (Å²) in [5.41, 5.74) is 6.01. The number of aryl methyl sites for hydroxylation is 2. The number of primary amides is 1. The van der Waals surface area contributed by atoms with Crippen LogP contribution in [0.15, 0.2) is 12.1 Å². The number of nitrogens with zero attached hydrogens (tertiary/aromatic N) is 3. The molecule has 0 radical (unpaired) electrons. The van der Waals surface area contributed by atoms with Crippen LogP contribution in [-0.2, 0) is 11.2 Å². The van der Waals surface area contributed by atoms with E-state index in [-0.39, 0.29) is 23.8 Å². The Morgan fingerprint density at radius 2 is 2.22 bits per heavy atom. The predicted molar refractivity (Wildman–Crippen MR) is 96.1 cm³/mol. The number of nitrogens with two attached hydrogens (primary N) is 1. The lowest BCUT2D eigenvalue weighted by Gasteiger charge is -2.08. The molecule has 2 aromatic rings. The van der Waals surface area contributed by atoms with E-state index in [1.807, 2.05) is 4.68 Å². The van der Waals surface area contributed by atoms with Crippen LogP contribution in [0.3, 0.4) is 0 Å². The van der Waals surface area contributed by atoms with Gasteiger partial charge in [0, 0.05) is 6.42 Å². The molecule has 2 aliphatic heterocycles. The third-order valence-corrected chi connectivity index (χ3v) is 4.49. The fraction of sp³-hybridized carbons (Fsp3) is 0.444. The van der Waals surface area contributed by atoms with E-state index < -0.39 is 11.7 Å². The average molecular weight is 375 g/mol. The maximum absolute atomic E-state index is 13.4. The minimum Gasteiger partial charge on any atom is -0.491 e. The Morgan fingerprint density at radius 1 is 1.44 bits per heavy atom. The van der Waals surface area contributed by atoms with Crippen molar-refractivity contribution in [3.8, 4) is 5.75 Å². The van der Waals surface area contributed by atoms with Crippen LogP contribution in [0.5, 0.6) is 5.75 Å². The van der Waals surface area contributed by atoms with Crippen molar-refractivity contribution in [1.82, 2.24) is 14.8 Å². The van der Waals surface area contributed by atoms with Crippen LogP contribution in [-0.4, -0.2) is 33.2 Å². The highest BCUT2D eigenvalue weighted by atomic mass is 19.1. The number of amides is 2. The lowest BCUT2D eigenvalue weighted by molar-refractivity contribution is -0.116. The SMILES string of the molecule is CCC1CCc2nc(C(N)=O)nn21.Cc1cc(F)c2c(c1)OCCC(=O)N2. The zero-order valence-corrected chi connectivity index (χ0v) is 15.3. The summed E-state index contributed by atoms with van der Waals surface area (Å²) in [6.07, 6.45) is 3.26. The molecule has 1 aromatic heterocycles. The van der Waals surface area contributed by atoms with E-state index in [1.165, 1.54) is 6.07 Å². The van der Waals surface area contributed by atoms with Crippen molar-refractivity contribution < 1.29 is 18.7 Å². The van der Waals surface area contributed by atoms with Crippen LogP contribution in [0.2, 0.25) is 0 Å². The highest BCUT2D eigenvalue weighted by Gasteiger charge is 2.25. The second-order valence-corrected chi connectivity index (χ2v) is 6.53. The Kier molecular flexibility index (Phi) is 5.38. The van der Waals surface area contributed by atoms with Gasteiger partial charge in [-0.2, -0.15) is 0 Å². The van der Waals surface area contributed by atoms with Crippen LogP contribution in [0.4, 0.5) is 10.1 Å². The molecule has 1 aromatic carbocycles. The van der Waals surface area contributed by atoms with E-state index in [0.717, 1.165) is 30.7 Å². The van der Waals surface area contributed by atoms with Crippen LogP contribution >= 0.6 is 0 Å². The van der Waals surface area contributed by atoms with Gasteiger partial charge in [-0.15, -0.1) is 5.10 Å². The molecule has 2 aliphatic rings. The van der Waals surface area contributed by atoms with Gasteiger partial charge in [0.25, 0.3) is 5.91 Å². The molecule has 3 heterocycles. The largest absolute Gasteiger partial charge is 0.491 e. The van der Waals surface area contributed by atoms with Crippen LogP contribution in [0.1, 0.15) is 54.2 Å². The molecular formula is C18H22FN5O3. The van der Waals surface area contributed by atoms with Gasteiger partial charge in [-0.3, -0.25) is 9.59 Å². The lowest BCUT2D eigenvalue weighted by Crippen LogP contribution is -2.14. The third-order valence-electron chi connectivity index (χ3n) is 4.49. The fourth-order valence-electron chi connectivity index (χ4n) is 3.12. The van der Waals surface area contributed by atoms with Gasteiger partial charge in [0.2, 0.25) is 11.7 Å². The zero-order chi connectivity index (χ0) is 19.6. The number of benzene rings is 1. The van der Waals surface area contributed by atoms with Crippen molar-refractivity contribution in [3.63, 3.8) is 0 Å². The first kappa shape index (κ1) is 18.8. The first-order valence-electron chi connectivity index (χ1n) is 8.87. The second kappa shape index (κ2) is 7.73. The molecule has 1 unspecified atom stereocenters. The maximum atomic E-state index is 13.4. The van der Waals surface area contributed by atoms with Gasteiger partial charge in [0.15, 0.2) is 5.82 Å². The van der Waals surface area contributed by atoms with E-state index in [1.54, 1.807) is 13.0 Å². The number of hydrogen-bond donors (Lipinski definition) is 2. The Bertz CT molecular complexity index is 880. The summed E-state index contributed by atoms with van der Waals surface area (Å²) in [5, 5.41) is 6.55. The molecule has 0 spiro atoms. The summed E-state index contributed by atoms with van der Waals surface area (Å²) in [4.78, 5) is 26.0. The van der Waals surface area contributed by atoms with Crippen molar-refractivity contribution >= 4 is 17.5 Å². The van der Waals surface area contributed by atoms with Crippen molar-refractivity contribution in [2.24, 2.45) is 5.73 Å². The molecule has 0 saturated carbocycles. The van der Waals surface area contributed by atoms with Crippen molar-refractivity contribution in [3.05, 3.63) is 35.2 Å². The molecule has 27 heavy (non-hydrogen) atoms. The number of aromatic nitrogens is 3. The van der Waals surface area contributed by atoms with Crippen LogP contribution in [0.25, 0.3) is 0 Å². The van der Waals surface area contributed by atoms with E-state index in [2.05, 4.69) is 22.3 Å². The molecule has 144 valence electrons. The molecule has 3 N–H and O–H groups in total. The van der Waals surface area contributed by atoms with Crippen molar-refractivity contribution in [2.75, 3.05) is 11.9 Å². The van der Waals surface area contributed by atoms with Gasteiger partial charge >= 0.3 is 0 Å². The number of carbonyl (C=O) groups excluding carboxylic acids is 2. The predicted octanol–water partition coefficient (Wildman–Crippen LogP) is 2.13. The van der Waals surface area contributed by atoms with Gasteiger partial charge < -0.3 is 15.8 Å². The molecule has 0 bridgehead atoms. The standard InChI is InChI=1S/C10H10FNO2.C8H12N4O/c1-6-4-7(11)10-8(5-6)14-3-2-9(13)12-10;1-2-5-3-4-6-10-8(7(9)13)11-12(5)6/h4-5H,2-3H2,1H3,(H,12,13);5H,2-4H2,1H3,(H2,9,13). The zero-order valence-electron chi connectivity index (χ0n) is 15.3. The summed E-state index contributed by atoms with van der Waals surface area (Å²) in [7, 11) is 0. The number of nitrogens with one attached hydrogen (secondary N) is 1. The second-order valence-electron chi connectivity index (χ2n) is 6.53. The normalized spacial score (nSPS) is 17.6. The molecule has 0 aliphatic carbocycles. The summed E-state index contributed by atoms with van der Waals surface area (Å²) in [5.74, 6) is 0.237. The number of anilines is 1. The molecule has 9 heteroatoms. The Balaban J connectivity index is 0.000000156. The van der Waals surface area contributed by atoms with E-state index in [9.17, 15) is 14.0 Å². The lowest BCUT2D eigenvalue weighted by atomic mass is 10.2. The molecule has 2 amide bonds. The van der Waals surface area contributed by atoms with Gasteiger partial charge in [0.1, 0.15) is 17.3 Å². The third kappa shape index (κ3) is 4.07. The highest BCUT2D eigenvalue weighted by molar-refractivity contribution is 5.93. The Labute approximate surface area is 155 Å². The first-order valence-corrected chi connectivity index (χ1v) is 8.87. The molecule has 0 fully saturated rings. The van der Waals surface area contributed by atoms with Crippen molar-refractivity contribution in [1.29, 1.82) is 0 Å². The van der Waals surface area contributed by atoms with Gasteiger partial charge in [-0.1, -0.05) is 6.92 Å². The van der Waals surface area contributed by atoms with Crippen LogP contribution in [0, 0.1) is 12.7 Å². The first-order chi connectivity index (χ1) is 12.9. The van der Waals surface area contributed by atoms with Gasteiger partial charge in [0.05, 0.1) is 19.1 Å². The topological polar surface area (TPSA) is 112 Å². The summed E-state index contributed by atoms with van der Waals surface area (Å²) >= 11 is 0. The highest BCUT2D eigenvalue weighted by Crippen LogP contribution is 2.31. The smallest absolute Gasteiger partial charge is 0.288 e. The number of hydrogen-bond acceptors (Lipinski definition) is 5. The molecule has 8 nitrogen and oxygen atoms in total. The molecule has 1 atom stereocenters. The maximum Gasteiger partial charge on any atom is 0.288 e.